The molecule has 1 unspecified atom stereocenters. The Bertz CT molecular complexity index is 185. The largest absolute Gasteiger partial charge is 0.301 e. The van der Waals surface area contributed by atoms with Gasteiger partial charge in [0.1, 0.15) is 0 Å². The molecule has 0 aliphatic carbocycles. The van der Waals surface area contributed by atoms with Crippen molar-refractivity contribution in [3.05, 3.63) is 0 Å². The molecule has 0 saturated heterocycles. The van der Waals surface area contributed by atoms with Crippen LogP contribution in [-0.2, 0) is 4.79 Å². The Morgan fingerprint density at radius 3 is 2.44 bits per heavy atom. The minimum absolute atomic E-state index is 0.0698. The molecule has 0 radical (unpaired) electrons. The van der Waals surface area contributed by atoms with Crippen molar-refractivity contribution in [1.29, 1.82) is 0 Å². The van der Waals surface area contributed by atoms with Crippen LogP contribution in [0.2, 0.25) is 0 Å². The molecule has 0 aliphatic heterocycles. The number of hydrogen-bond donors (Lipinski definition) is 2. The van der Waals surface area contributed by atoms with Crippen LogP contribution in [0.15, 0.2) is 0 Å². The summed E-state index contributed by atoms with van der Waals surface area (Å²) in [5, 5.41) is 0. The van der Waals surface area contributed by atoms with Gasteiger partial charge in [-0.15, -0.1) is 0 Å². The highest BCUT2D eigenvalue weighted by atomic mass is 16.2. The summed E-state index contributed by atoms with van der Waals surface area (Å²) in [6, 6.07) is 0.604. The lowest BCUT2D eigenvalue weighted by Gasteiger charge is -2.28. The summed E-state index contributed by atoms with van der Waals surface area (Å²) < 4.78 is 0. The van der Waals surface area contributed by atoms with Crippen LogP contribution in [0.3, 0.4) is 0 Å². The van der Waals surface area contributed by atoms with Crippen LogP contribution >= 0.6 is 0 Å². The fraction of sp³-hybridized carbons (Fsp3) is 0.917. The van der Waals surface area contributed by atoms with Crippen LogP contribution in [0.25, 0.3) is 0 Å². The molecule has 4 heteroatoms. The van der Waals surface area contributed by atoms with Crippen LogP contribution in [0, 0.1) is 0 Å². The Hall–Kier alpha value is -0.610. The van der Waals surface area contributed by atoms with E-state index in [1.807, 2.05) is 0 Å². The molecule has 0 rings (SSSR count). The minimum atomic E-state index is -0.0698. The average molecular weight is 229 g/mol. The first-order valence-corrected chi connectivity index (χ1v) is 6.39. The monoisotopic (exact) mass is 229 g/mol. The quantitative estimate of drug-likeness (QED) is 0.359. The number of amides is 1. The van der Waals surface area contributed by atoms with Gasteiger partial charge in [-0.1, -0.05) is 20.3 Å². The van der Waals surface area contributed by atoms with Gasteiger partial charge in [-0.2, -0.15) is 0 Å². The molecule has 3 N–H and O–H groups in total. The predicted octanol–water partition coefficient (Wildman–Crippen LogP) is 1.66. The van der Waals surface area contributed by atoms with E-state index in [1.165, 1.54) is 12.8 Å². The second kappa shape index (κ2) is 9.60. The number of nitrogens with two attached hydrogens (primary N) is 1. The number of hydrogen-bond acceptors (Lipinski definition) is 3. The summed E-state index contributed by atoms with van der Waals surface area (Å²) >= 11 is 0. The summed E-state index contributed by atoms with van der Waals surface area (Å²) in [5.41, 5.74) is 2.17. The minimum Gasteiger partial charge on any atom is -0.301 e. The summed E-state index contributed by atoms with van der Waals surface area (Å²) in [7, 11) is 0. The molecule has 16 heavy (non-hydrogen) atoms. The third-order valence-corrected chi connectivity index (χ3v) is 3.02. The van der Waals surface area contributed by atoms with Crippen LogP contribution in [-0.4, -0.2) is 29.9 Å². The van der Waals surface area contributed by atoms with E-state index in [0.717, 1.165) is 25.9 Å². The zero-order chi connectivity index (χ0) is 12.4. The van der Waals surface area contributed by atoms with Crippen molar-refractivity contribution >= 4 is 5.91 Å². The lowest BCUT2D eigenvalue weighted by molar-refractivity contribution is -0.121. The lowest BCUT2D eigenvalue weighted by Crippen LogP contribution is -2.36. The van der Waals surface area contributed by atoms with Crippen molar-refractivity contribution < 1.29 is 4.79 Å². The fourth-order valence-corrected chi connectivity index (χ4v) is 1.69. The van der Waals surface area contributed by atoms with Crippen molar-refractivity contribution in [2.24, 2.45) is 5.84 Å². The fourth-order valence-electron chi connectivity index (χ4n) is 1.69. The summed E-state index contributed by atoms with van der Waals surface area (Å²) in [6.45, 7) is 8.78. The number of nitrogens with zero attached hydrogens (tertiary/aromatic N) is 1. The van der Waals surface area contributed by atoms with E-state index < -0.39 is 0 Å². The highest BCUT2D eigenvalue weighted by molar-refractivity contribution is 5.75. The smallest absolute Gasteiger partial charge is 0.233 e. The summed E-state index contributed by atoms with van der Waals surface area (Å²) in [5.74, 6) is 4.97. The number of nitrogens with one attached hydrogen (secondary N) is 1. The van der Waals surface area contributed by atoms with Crippen LogP contribution in [0.5, 0.6) is 0 Å². The second-order valence-corrected chi connectivity index (χ2v) is 4.32. The molecule has 0 fully saturated rings. The normalized spacial score (nSPS) is 12.8. The molecule has 0 spiro atoms. The van der Waals surface area contributed by atoms with Crippen LogP contribution in [0.1, 0.15) is 52.9 Å². The molecule has 0 saturated carbocycles. The highest BCUT2D eigenvalue weighted by Gasteiger charge is 2.11. The maximum absolute atomic E-state index is 11.0. The second-order valence-electron chi connectivity index (χ2n) is 4.32. The van der Waals surface area contributed by atoms with E-state index in [9.17, 15) is 4.79 Å². The van der Waals surface area contributed by atoms with E-state index in [1.54, 1.807) is 0 Å². The Kier molecular flexibility index (Phi) is 9.24. The van der Waals surface area contributed by atoms with E-state index in [-0.39, 0.29) is 5.91 Å². The lowest BCUT2D eigenvalue weighted by atomic mass is 10.1. The Morgan fingerprint density at radius 1 is 1.31 bits per heavy atom. The third kappa shape index (κ3) is 6.80. The Morgan fingerprint density at radius 2 is 1.94 bits per heavy atom. The zero-order valence-corrected chi connectivity index (χ0v) is 11.0. The topological polar surface area (TPSA) is 58.4 Å². The third-order valence-electron chi connectivity index (χ3n) is 3.02. The molecular weight excluding hydrogens is 202 g/mol. The van der Waals surface area contributed by atoms with Gasteiger partial charge in [0.15, 0.2) is 0 Å². The molecule has 1 atom stereocenters. The van der Waals surface area contributed by atoms with E-state index >= 15 is 0 Å². The number of carbonyl (C=O) groups excluding carboxylic acids is 1. The SMILES string of the molecule is CCCCN(CCCC(=O)NN)C(C)CC. The Labute approximate surface area is 99.5 Å². The van der Waals surface area contributed by atoms with Crippen molar-refractivity contribution in [3.63, 3.8) is 0 Å². The first-order valence-electron chi connectivity index (χ1n) is 6.39. The average Bonchev–Trinajstić information content (AvgIpc) is 2.32. The molecule has 0 aromatic heterocycles. The van der Waals surface area contributed by atoms with Crippen molar-refractivity contribution in [1.82, 2.24) is 10.3 Å². The summed E-state index contributed by atoms with van der Waals surface area (Å²) in [4.78, 5) is 13.5. The van der Waals surface area contributed by atoms with E-state index in [4.69, 9.17) is 5.84 Å². The molecule has 96 valence electrons. The Balaban J connectivity index is 3.86. The first kappa shape index (κ1) is 15.4. The van der Waals surface area contributed by atoms with Gasteiger partial charge in [-0.05, 0) is 39.3 Å². The van der Waals surface area contributed by atoms with Crippen molar-refractivity contribution in [3.8, 4) is 0 Å². The predicted molar refractivity (Wildman–Crippen MR) is 67.8 cm³/mol. The van der Waals surface area contributed by atoms with Crippen molar-refractivity contribution in [2.45, 2.75) is 58.9 Å². The molecule has 4 nitrogen and oxygen atoms in total. The maximum Gasteiger partial charge on any atom is 0.233 e. The maximum atomic E-state index is 11.0. The van der Waals surface area contributed by atoms with Gasteiger partial charge >= 0.3 is 0 Å². The molecular formula is C12H27N3O. The van der Waals surface area contributed by atoms with Gasteiger partial charge < -0.3 is 4.90 Å². The van der Waals surface area contributed by atoms with Crippen LogP contribution in [0.4, 0.5) is 0 Å². The number of carbonyl (C=O) groups is 1. The number of hydrazine groups is 1. The molecule has 1 amide bonds. The standard InChI is InChI=1S/C12H27N3O/c1-4-6-9-15(11(3)5-2)10-7-8-12(16)14-13/h11H,4-10,13H2,1-3H3,(H,14,16). The number of unbranched alkanes of at least 4 members (excludes halogenated alkanes) is 1. The zero-order valence-electron chi connectivity index (χ0n) is 11.0. The highest BCUT2D eigenvalue weighted by Crippen LogP contribution is 2.07. The van der Waals surface area contributed by atoms with E-state index in [0.29, 0.717) is 12.5 Å². The van der Waals surface area contributed by atoms with Crippen molar-refractivity contribution in [2.75, 3.05) is 13.1 Å². The van der Waals surface area contributed by atoms with Gasteiger partial charge in [0.25, 0.3) is 0 Å². The van der Waals surface area contributed by atoms with E-state index in [2.05, 4.69) is 31.1 Å². The first-order chi connectivity index (χ1) is 7.65. The summed E-state index contributed by atoms with van der Waals surface area (Å²) in [6.07, 6.45) is 5.02. The molecule has 0 heterocycles. The molecule has 0 aliphatic rings. The molecule has 0 aromatic rings. The van der Waals surface area contributed by atoms with Gasteiger partial charge in [0.05, 0.1) is 0 Å². The molecule has 0 aromatic carbocycles. The van der Waals surface area contributed by atoms with Crippen LogP contribution < -0.4 is 11.3 Å². The molecule has 0 bridgehead atoms. The number of rotatable bonds is 9. The van der Waals surface area contributed by atoms with Gasteiger partial charge in [0, 0.05) is 12.5 Å². The van der Waals surface area contributed by atoms with Gasteiger partial charge in [-0.3, -0.25) is 10.2 Å². The van der Waals surface area contributed by atoms with Gasteiger partial charge in [-0.25, -0.2) is 5.84 Å². The van der Waals surface area contributed by atoms with Gasteiger partial charge in [0.2, 0.25) is 5.91 Å².